The third-order valence-electron chi connectivity index (χ3n) is 4.56. The minimum Gasteiger partial charge on any atom is -0.369 e. The van der Waals surface area contributed by atoms with Crippen LogP contribution >= 0.6 is 0 Å². The number of nitrogens with zero attached hydrogens (tertiary/aromatic N) is 2. The largest absolute Gasteiger partial charge is 0.369 e. The molecule has 0 atom stereocenters. The summed E-state index contributed by atoms with van der Waals surface area (Å²) < 4.78 is 7.98. The van der Waals surface area contributed by atoms with Crippen molar-refractivity contribution in [3.63, 3.8) is 0 Å². The Morgan fingerprint density at radius 2 is 2.16 bits per heavy atom. The Morgan fingerprint density at radius 3 is 2.63 bits per heavy atom. The maximum absolute atomic E-state index is 6.17. The minimum absolute atomic E-state index is 0.110. The molecular weight excluding hydrogens is 238 g/mol. The van der Waals surface area contributed by atoms with E-state index in [4.69, 9.17) is 10.5 Å². The summed E-state index contributed by atoms with van der Waals surface area (Å²) >= 11 is 0. The topological polar surface area (TPSA) is 53.1 Å². The van der Waals surface area contributed by atoms with E-state index in [9.17, 15) is 0 Å². The Bertz CT molecular complexity index is 392. The van der Waals surface area contributed by atoms with Crippen molar-refractivity contribution in [3.8, 4) is 0 Å². The van der Waals surface area contributed by atoms with Crippen molar-refractivity contribution in [2.75, 3.05) is 6.54 Å². The zero-order chi connectivity index (χ0) is 13.9. The number of hydrogen-bond donors (Lipinski definition) is 1. The second-order valence-corrected chi connectivity index (χ2v) is 6.28. The maximum Gasteiger partial charge on any atom is 0.0808 e. The Labute approximate surface area is 116 Å². The summed E-state index contributed by atoms with van der Waals surface area (Å²) in [6, 6.07) is 0. The van der Waals surface area contributed by atoms with Crippen molar-refractivity contribution in [2.24, 2.45) is 24.6 Å². The van der Waals surface area contributed by atoms with Gasteiger partial charge in [-0.05, 0) is 37.5 Å². The van der Waals surface area contributed by atoms with Gasteiger partial charge < -0.3 is 10.5 Å². The lowest BCUT2D eigenvalue weighted by Crippen LogP contribution is -2.44. The van der Waals surface area contributed by atoms with Gasteiger partial charge in [0.15, 0.2) is 0 Å². The van der Waals surface area contributed by atoms with E-state index < -0.39 is 0 Å². The monoisotopic (exact) mass is 265 g/mol. The summed E-state index contributed by atoms with van der Waals surface area (Å²) in [5.74, 6) is 1.61. The first kappa shape index (κ1) is 14.5. The molecule has 4 nitrogen and oxygen atoms in total. The molecule has 0 spiro atoms. The minimum atomic E-state index is -0.110. The van der Waals surface area contributed by atoms with Crippen LogP contribution in [0.5, 0.6) is 0 Å². The molecule has 1 aromatic rings. The number of rotatable bonds is 5. The predicted octanol–water partition coefficient (Wildman–Crippen LogP) is 2.48. The van der Waals surface area contributed by atoms with Crippen LogP contribution in [0.15, 0.2) is 12.4 Å². The molecule has 0 amide bonds. The van der Waals surface area contributed by atoms with Gasteiger partial charge in [0, 0.05) is 25.4 Å². The first-order valence-electron chi connectivity index (χ1n) is 7.36. The van der Waals surface area contributed by atoms with E-state index in [1.807, 2.05) is 24.1 Å². The molecule has 0 radical (unpaired) electrons. The molecule has 19 heavy (non-hydrogen) atoms. The lowest BCUT2D eigenvalue weighted by Gasteiger charge is -2.40. The highest BCUT2D eigenvalue weighted by Crippen LogP contribution is 2.37. The highest BCUT2D eigenvalue weighted by molar-refractivity contribution is 5.02. The molecule has 0 bridgehead atoms. The molecule has 0 aromatic carbocycles. The van der Waals surface area contributed by atoms with Crippen LogP contribution in [-0.4, -0.2) is 21.9 Å². The highest BCUT2D eigenvalue weighted by atomic mass is 16.5. The van der Waals surface area contributed by atoms with Gasteiger partial charge in [0.2, 0.25) is 0 Å². The fraction of sp³-hybridized carbons (Fsp3) is 0.800. The SMILES string of the molecule is CC(C)C1CCC(CN)(OCc2cnn(C)c2)CC1. The van der Waals surface area contributed by atoms with Gasteiger partial charge in [-0.3, -0.25) is 4.68 Å². The Balaban J connectivity index is 1.89. The quantitative estimate of drug-likeness (QED) is 0.890. The van der Waals surface area contributed by atoms with E-state index in [2.05, 4.69) is 18.9 Å². The molecule has 0 saturated heterocycles. The summed E-state index contributed by atoms with van der Waals surface area (Å²) in [6.45, 7) is 5.88. The molecule has 108 valence electrons. The summed E-state index contributed by atoms with van der Waals surface area (Å²) in [4.78, 5) is 0. The van der Waals surface area contributed by atoms with Crippen molar-refractivity contribution in [1.29, 1.82) is 0 Å². The van der Waals surface area contributed by atoms with E-state index in [0.717, 1.165) is 30.2 Å². The summed E-state index contributed by atoms with van der Waals surface area (Å²) in [5.41, 5.74) is 7.00. The summed E-state index contributed by atoms with van der Waals surface area (Å²) in [5, 5.41) is 4.17. The molecule has 1 aromatic heterocycles. The smallest absolute Gasteiger partial charge is 0.0808 e. The fourth-order valence-electron chi connectivity index (χ4n) is 3.02. The zero-order valence-corrected chi connectivity index (χ0v) is 12.4. The third kappa shape index (κ3) is 3.57. The normalized spacial score (nSPS) is 27.9. The van der Waals surface area contributed by atoms with Crippen LogP contribution < -0.4 is 5.73 Å². The standard InChI is InChI=1S/C15H27N3O/c1-12(2)14-4-6-15(11-16,7-5-14)19-10-13-8-17-18(3)9-13/h8-9,12,14H,4-7,10-11,16H2,1-3H3. The average molecular weight is 265 g/mol. The number of aromatic nitrogens is 2. The Kier molecular flexibility index (Phi) is 4.63. The lowest BCUT2D eigenvalue weighted by molar-refractivity contribution is -0.0841. The van der Waals surface area contributed by atoms with Crippen molar-refractivity contribution in [2.45, 2.75) is 51.7 Å². The van der Waals surface area contributed by atoms with Gasteiger partial charge in [-0.15, -0.1) is 0 Å². The van der Waals surface area contributed by atoms with E-state index >= 15 is 0 Å². The van der Waals surface area contributed by atoms with Gasteiger partial charge in [0.05, 0.1) is 18.4 Å². The Hall–Kier alpha value is -0.870. The number of ether oxygens (including phenoxy) is 1. The van der Waals surface area contributed by atoms with Crippen molar-refractivity contribution >= 4 is 0 Å². The van der Waals surface area contributed by atoms with Crippen LogP contribution in [0, 0.1) is 11.8 Å². The second-order valence-electron chi connectivity index (χ2n) is 6.28. The molecule has 1 aliphatic carbocycles. The Morgan fingerprint density at radius 1 is 1.47 bits per heavy atom. The van der Waals surface area contributed by atoms with Crippen LogP contribution in [0.3, 0.4) is 0 Å². The van der Waals surface area contributed by atoms with Crippen molar-refractivity contribution in [3.05, 3.63) is 18.0 Å². The molecular formula is C15H27N3O. The van der Waals surface area contributed by atoms with Gasteiger partial charge in [0.25, 0.3) is 0 Å². The third-order valence-corrected chi connectivity index (χ3v) is 4.56. The molecule has 1 fully saturated rings. The maximum atomic E-state index is 6.17. The molecule has 1 heterocycles. The predicted molar refractivity (Wildman–Crippen MR) is 76.6 cm³/mol. The number of nitrogens with two attached hydrogens (primary N) is 1. The number of hydrogen-bond acceptors (Lipinski definition) is 3. The first-order chi connectivity index (χ1) is 9.04. The van der Waals surface area contributed by atoms with Gasteiger partial charge in [-0.2, -0.15) is 5.10 Å². The van der Waals surface area contributed by atoms with Crippen LogP contribution in [0.1, 0.15) is 45.1 Å². The van der Waals surface area contributed by atoms with Gasteiger partial charge in [-0.1, -0.05) is 13.8 Å². The zero-order valence-electron chi connectivity index (χ0n) is 12.4. The molecule has 1 aliphatic rings. The van der Waals surface area contributed by atoms with E-state index in [1.54, 1.807) is 0 Å². The van der Waals surface area contributed by atoms with E-state index in [1.165, 1.54) is 12.8 Å². The van der Waals surface area contributed by atoms with Crippen molar-refractivity contribution in [1.82, 2.24) is 9.78 Å². The van der Waals surface area contributed by atoms with Gasteiger partial charge in [-0.25, -0.2) is 0 Å². The molecule has 2 rings (SSSR count). The highest BCUT2D eigenvalue weighted by Gasteiger charge is 2.35. The summed E-state index contributed by atoms with van der Waals surface area (Å²) in [7, 11) is 1.93. The first-order valence-corrected chi connectivity index (χ1v) is 7.36. The fourth-order valence-corrected chi connectivity index (χ4v) is 3.02. The summed E-state index contributed by atoms with van der Waals surface area (Å²) in [6.07, 6.45) is 8.52. The van der Waals surface area contributed by atoms with Crippen LogP contribution in [0.25, 0.3) is 0 Å². The molecule has 0 unspecified atom stereocenters. The lowest BCUT2D eigenvalue weighted by atomic mass is 9.74. The van der Waals surface area contributed by atoms with E-state index in [0.29, 0.717) is 13.2 Å². The second kappa shape index (κ2) is 6.06. The molecule has 1 saturated carbocycles. The van der Waals surface area contributed by atoms with Crippen molar-refractivity contribution < 1.29 is 4.74 Å². The molecule has 0 aliphatic heterocycles. The molecule has 2 N–H and O–H groups in total. The number of aryl methyl sites for hydroxylation is 1. The van der Waals surface area contributed by atoms with Crippen LogP contribution in [0.2, 0.25) is 0 Å². The van der Waals surface area contributed by atoms with Crippen LogP contribution in [-0.2, 0) is 18.4 Å². The molecule has 4 heteroatoms. The van der Waals surface area contributed by atoms with Gasteiger partial charge in [0.1, 0.15) is 0 Å². The van der Waals surface area contributed by atoms with Crippen LogP contribution in [0.4, 0.5) is 0 Å². The average Bonchev–Trinajstić information content (AvgIpc) is 2.83. The van der Waals surface area contributed by atoms with E-state index in [-0.39, 0.29) is 5.60 Å². The van der Waals surface area contributed by atoms with Gasteiger partial charge >= 0.3 is 0 Å².